The molecule has 7 aromatic carbocycles. The number of ether oxygens (including phenoxy) is 5. The molecule has 482 valence electrons. The van der Waals surface area contributed by atoms with Crippen LogP contribution in [0.1, 0.15) is 99.2 Å². The van der Waals surface area contributed by atoms with Crippen LogP contribution < -0.4 is 20.5 Å². The summed E-state index contributed by atoms with van der Waals surface area (Å²) < 4.78 is 31.0. The maximum atomic E-state index is 15.3. The van der Waals surface area contributed by atoms with Crippen LogP contribution in [0.4, 0.5) is 5.13 Å². The Labute approximate surface area is 561 Å². The Morgan fingerprint density at radius 2 is 1.12 bits per heavy atom. The fourth-order valence-electron chi connectivity index (χ4n) is 10.7. The molecule has 2 amide bonds. The van der Waals surface area contributed by atoms with Crippen LogP contribution in [0.2, 0.25) is 0 Å². The number of nitrogens with zero attached hydrogens (tertiary/aromatic N) is 7. The number of esters is 5. The van der Waals surface area contributed by atoms with Crippen LogP contribution >= 0.6 is 34.9 Å². The number of thioether (sulfide) groups is 2. The van der Waals surface area contributed by atoms with E-state index in [1.807, 2.05) is 121 Å². The molecule has 0 aliphatic carbocycles. The maximum absolute atomic E-state index is 15.3. The lowest BCUT2D eigenvalue weighted by molar-refractivity contribution is -0.162. The molecule has 3 aromatic heterocycles. The quantitative estimate of drug-likeness (QED) is 0.00879. The van der Waals surface area contributed by atoms with E-state index in [1.165, 1.54) is 56.5 Å². The standard InChI is InChI=1S/C71H57N9O13S3/c1-41-36-55(80-71(73-41)76-63(77-80)69(87)92-61(48-30-18-8-19-31-48)49-32-20-9-21-33-49)94-38-51-39-95-66-57(65(84)79(66)58(51)67(85)90-59(44-22-10-4-11-23-44)45-24-12-5-13-25-45)75-64(83)56(52-40-96-70(72)74-52)78-93-62(50-34-35-53(88-42(2)81)54(37-50)89-43(3)82)68(86)91-60(46-26-14-6-15-27-46)47-28-16-7-17-29-47/h4-37,40,57,59-62,66H,38-39H2,1-3H3,(H2,72,74)(H,75,83)/t57-,62?,66-/m1/s1. The first-order valence-corrected chi connectivity index (χ1v) is 32.8. The van der Waals surface area contributed by atoms with Gasteiger partial charge in [0.25, 0.3) is 23.4 Å². The Bertz CT molecular complexity index is 4490. The zero-order chi connectivity index (χ0) is 66.8. The van der Waals surface area contributed by atoms with Crippen LogP contribution in [0.25, 0.3) is 5.78 Å². The van der Waals surface area contributed by atoms with Crippen molar-refractivity contribution in [2.75, 3.05) is 17.2 Å². The highest BCUT2D eigenvalue weighted by Crippen LogP contribution is 2.44. The predicted octanol–water partition coefficient (Wildman–Crippen LogP) is 10.8. The van der Waals surface area contributed by atoms with Crippen LogP contribution in [-0.4, -0.2) is 99.8 Å². The summed E-state index contributed by atoms with van der Waals surface area (Å²) in [5.74, 6) is -6.14. The summed E-state index contributed by atoms with van der Waals surface area (Å²) in [7, 11) is 0. The first-order chi connectivity index (χ1) is 46.6. The molecule has 0 saturated carbocycles. The zero-order valence-electron chi connectivity index (χ0n) is 51.3. The summed E-state index contributed by atoms with van der Waals surface area (Å²) in [6.45, 7) is 4.05. The van der Waals surface area contributed by atoms with E-state index < -0.39 is 83.2 Å². The second kappa shape index (κ2) is 29.3. The van der Waals surface area contributed by atoms with Crippen molar-refractivity contribution < 1.29 is 62.1 Å². The van der Waals surface area contributed by atoms with Gasteiger partial charge in [-0.2, -0.15) is 9.50 Å². The third-order valence-corrected chi connectivity index (χ3v) is 18.1. The molecule has 12 rings (SSSR count). The average Bonchev–Trinajstić information content (AvgIpc) is 0.876. The molecule has 1 unspecified atom stereocenters. The van der Waals surface area contributed by atoms with E-state index in [4.69, 9.17) is 34.3 Å². The maximum Gasteiger partial charge on any atom is 0.379 e. The zero-order valence-corrected chi connectivity index (χ0v) is 53.8. The number of hydrogen-bond donors (Lipinski definition) is 2. The van der Waals surface area contributed by atoms with Crippen LogP contribution in [0, 0.1) is 6.92 Å². The number of thiazole rings is 1. The minimum absolute atomic E-state index is 0.0235. The van der Waals surface area contributed by atoms with Gasteiger partial charge in [0, 0.05) is 42.0 Å². The lowest BCUT2D eigenvalue weighted by Gasteiger charge is -2.49. The number of anilines is 1. The molecule has 3 N–H and O–H groups in total. The Hall–Kier alpha value is -11.3. The second-order valence-corrected chi connectivity index (χ2v) is 24.7. The van der Waals surface area contributed by atoms with Crippen LogP contribution in [0.5, 0.6) is 11.5 Å². The number of β-lactam (4-membered cyclic amide) rings is 1. The van der Waals surface area contributed by atoms with E-state index in [1.54, 1.807) is 73.7 Å². The van der Waals surface area contributed by atoms with Crippen molar-refractivity contribution in [3.8, 4) is 11.5 Å². The summed E-state index contributed by atoms with van der Waals surface area (Å²) in [4.78, 5) is 120. The molecule has 5 heterocycles. The molecule has 3 atom stereocenters. The first-order valence-electron chi connectivity index (χ1n) is 29.9. The number of fused-ring (bicyclic) bond motifs is 2. The number of aromatic nitrogens is 5. The van der Waals surface area contributed by atoms with Gasteiger partial charge < -0.3 is 39.6 Å². The van der Waals surface area contributed by atoms with Gasteiger partial charge in [0.15, 0.2) is 40.7 Å². The number of benzene rings is 7. The number of oxime groups is 1. The fraction of sp³-hybridized carbons (Fsp3) is 0.155. The second-order valence-electron chi connectivity index (χ2n) is 21.7. The lowest BCUT2D eigenvalue weighted by Crippen LogP contribution is -2.71. The van der Waals surface area contributed by atoms with Crippen LogP contribution in [0.15, 0.2) is 233 Å². The highest BCUT2D eigenvalue weighted by atomic mass is 32.2. The number of rotatable bonds is 23. The van der Waals surface area contributed by atoms with Gasteiger partial charge in [-0.05, 0) is 64.1 Å². The topological polar surface area (TPSA) is 284 Å². The van der Waals surface area contributed by atoms with E-state index in [-0.39, 0.29) is 56.7 Å². The van der Waals surface area contributed by atoms with Crippen molar-refractivity contribution in [3.05, 3.63) is 279 Å². The van der Waals surface area contributed by atoms with Crippen molar-refractivity contribution >= 4 is 93.1 Å². The molecule has 2 aliphatic rings. The first kappa shape index (κ1) is 64.8. The van der Waals surface area contributed by atoms with Crippen molar-refractivity contribution in [2.45, 2.75) is 61.6 Å². The van der Waals surface area contributed by atoms with Gasteiger partial charge in [-0.3, -0.25) is 24.1 Å². The van der Waals surface area contributed by atoms with Crippen LogP contribution in [0.3, 0.4) is 0 Å². The molecule has 10 aromatic rings. The molecule has 1 saturated heterocycles. The van der Waals surface area contributed by atoms with E-state index in [2.05, 4.69) is 30.5 Å². The third-order valence-electron chi connectivity index (χ3n) is 15.0. The monoisotopic (exact) mass is 1340 g/mol. The molecule has 0 radical (unpaired) electrons. The van der Waals surface area contributed by atoms with E-state index in [0.29, 0.717) is 38.5 Å². The summed E-state index contributed by atoms with van der Waals surface area (Å²) in [6.07, 6.45) is -4.54. The van der Waals surface area contributed by atoms with Gasteiger partial charge in [-0.25, -0.2) is 24.4 Å². The normalized spacial score (nSPS) is 14.8. The van der Waals surface area contributed by atoms with Crippen LogP contribution in [-0.2, 0) is 47.8 Å². The molecule has 0 spiro atoms. The minimum Gasteiger partial charge on any atom is -0.449 e. The Kier molecular flexibility index (Phi) is 19.8. The number of amides is 2. The molecule has 96 heavy (non-hydrogen) atoms. The van der Waals surface area contributed by atoms with Crippen molar-refractivity contribution in [2.24, 2.45) is 5.16 Å². The summed E-state index contributed by atoms with van der Waals surface area (Å²) in [6, 6.07) is 59.0. The minimum atomic E-state index is -1.84. The highest BCUT2D eigenvalue weighted by Gasteiger charge is 2.55. The Balaban J connectivity index is 0.858. The van der Waals surface area contributed by atoms with Gasteiger partial charge in [-0.1, -0.05) is 193 Å². The lowest BCUT2D eigenvalue weighted by atomic mass is 10.0. The molecular formula is C71H57N9O13S3. The summed E-state index contributed by atoms with van der Waals surface area (Å²) in [5, 5.41) is 12.7. The fourth-order valence-corrected chi connectivity index (χ4v) is 13.7. The molecular weight excluding hydrogens is 1280 g/mol. The van der Waals surface area contributed by atoms with Gasteiger partial charge in [0.05, 0.1) is 0 Å². The largest absolute Gasteiger partial charge is 0.449 e. The molecule has 2 aliphatic heterocycles. The van der Waals surface area contributed by atoms with Gasteiger partial charge >= 0.3 is 29.8 Å². The predicted molar refractivity (Wildman–Crippen MR) is 356 cm³/mol. The summed E-state index contributed by atoms with van der Waals surface area (Å²) >= 11 is 3.50. The summed E-state index contributed by atoms with van der Waals surface area (Å²) in [5.41, 5.74) is 10.5. The highest BCUT2D eigenvalue weighted by molar-refractivity contribution is 8.01. The van der Waals surface area contributed by atoms with Crippen molar-refractivity contribution in [3.63, 3.8) is 0 Å². The van der Waals surface area contributed by atoms with E-state index in [9.17, 15) is 24.0 Å². The van der Waals surface area contributed by atoms with Crippen molar-refractivity contribution in [1.29, 1.82) is 0 Å². The number of nitrogen functional groups attached to an aromatic ring is 1. The average molecular weight is 1340 g/mol. The van der Waals surface area contributed by atoms with Crippen molar-refractivity contribution in [1.82, 2.24) is 34.8 Å². The number of hydrogen-bond acceptors (Lipinski definition) is 22. The number of nitrogens with two attached hydrogens (primary N) is 1. The number of nitrogens with one attached hydrogen (secondary N) is 1. The molecule has 1 fully saturated rings. The number of aryl methyl sites for hydroxylation is 1. The molecule has 25 heteroatoms. The van der Waals surface area contributed by atoms with Gasteiger partial charge in [0.2, 0.25) is 6.10 Å². The smallest absolute Gasteiger partial charge is 0.379 e. The van der Waals surface area contributed by atoms with Gasteiger partial charge in [-0.15, -0.1) is 40.0 Å². The Morgan fingerprint density at radius 1 is 0.625 bits per heavy atom. The SMILES string of the molecule is CC(=O)Oc1ccc(C(ON=C(C(=O)N[C@@H]2C(=O)N3C(C(=O)OC(c4ccccc4)c4ccccc4)=C(CSc4cc(C)nc5nc(C(=O)OC(c6ccccc6)c6ccccc6)nn45)CS[C@H]23)c2csc(N)n2)C(=O)OC(c2ccccc2)c2ccccc2)cc1OC(C)=O. The third kappa shape index (κ3) is 14.7. The number of carbonyl (C=O) groups is 7. The van der Waals surface area contributed by atoms with E-state index >= 15 is 9.59 Å². The molecule has 0 bridgehead atoms. The van der Waals surface area contributed by atoms with Gasteiger partial charge in [0.1, 0.15) is 27.8 Å². The Morgan fingerprint density at radius 3 is 1.62 bits per heavy atom. The van der Waals surface area contributed by atoms with E-state index in [0.717, 1.165) is 36.3 Å². The number of carbonyl (C=O) groups excluding carboxylic acids is 7. The molecule has 22 nitrogen and oxygen atoms in total.